The molecule has 3 aromatic carbocycles. The molecule has 0 radical (unpaired) electrons. The Hall–Kier alpha value is -3.16. The molecular weight excluding hydrogens is 527 g/mol. The number of piperidine rings is 1. The van der Waals surface area contributed by atoms with Crippen molar-refractivity contribution in [3.8, 4) is 0 Å². The molecule has 4 rings (SSSR count). The molecule has 7 heteroatoms. The lowest BCUT2D eigenvalue weighted by atomic mass is 9.71. The molecule has 1 saturated heterocycles. The van der Waals surface area contributed by atoms with Crippen LogP contribution in [0, 0.1) is 23.4 Å². The van der Waals surface area contributed by atoms with Gasteiger partial charge in [-0.05, 0) is 74.0 Å². The predicted octanol–water partition coefficient (Wildman–Crippen LogP) is 7.43. The van der Waals surface area contributed by atoms with Gasteiger partial charge >= 0.3 is 5.97 Å². The number of hydrogen-bond donors (Lipinski definition) is 1. The Kier molecular flexibility index (Phi) is 9.60. The molecule has 0 saturated carbocycles. The van der Waals surface area contributed by atoms with Crippen LogP contribution >= 0.6 is 0 Å². The van der Waals surface area contributed by atoms with Crippen molar-refractivity contribution < 1.29 is 27.8 Å². The number of nitrogens with zero attached hydrogens (tertiary/aromatic N) is 1. The lowest BCUT2D eigenvalue weighted by Crippen LogP contribution is -2.47. The third-order valence-electron chi connectivity index (χ3n) is 8.22. The largest absolute Gasteiger partial charge is 0.449 e. The standard InChI is InChI=1S/C34H40F3NO3/c1-23(39)41-34(26-9-6-5-7-10-26,28-16-17-29(35)32(37)31(28)36)27-18-21-38(22-19-27)20-8-11-30(40)24-12-14-25(15-13-24)33(2,3)4/h5-7,9-10,12-17,27,30,40H,8,11,18-22H2,1-4H3. The van der Waals surface area contributed by atoms with Crippen LogP contribution in [0.5, 0.6) is 0 Å². The summed E-state index contributed by atoms with van der Waals surface area (Å²) in [5.41, 5.74) is 0.905. The van der Waals surface area contributed by atoms with Crippen molar-refractivity contribution in [1.29, 1.82) is 0 Å². The minimum absolute atomic E-state index is 0.0553. The average molecular weight is 568 g/mol. The van der Waals surface area contributed by atoms with Crippen LogP contribution in [0.2, 0.25) is 0 Å². The number of esters is 1. The fourth-order valence-electron chi connectivity index (χ4n) is 5.98. The second-order valence-corrected chi connectivity index (χ2v) is 12.1. The number of hydrogen-bond acceptors (Lipinski definition) is 4. The minimum Gasteiger partial charge on any atom is -0.449 e. The van der Waals surface area contributed by atoms with Crippen molar-refractivity contribution >= 4 is 5.97 Å². The van der Waals surface area contributed by atoms with Gasteiger partial charge in [0, 0.05) is 24.0 Å². The number of aliphatic hydroxyl groups is 1. The summed E-state index contributed by atoms with van der Waals surface area (Å²) in [5.74, 6) is -5.22. The van der Waals surface area contributed by atoms with E-state index in [1.807, 2.05) is 12.1 Å². The zero-order valence-electron chi connectivity index (χ0n) is 24.3. The van der Waals surface area contributed by atoms with Crippen LogP contribution in [-0.4, -0.2) is 35.6 Å². The molecule has 2 atom stereocenters. The zero-order chi connectivity index (χ0) is 29.8. The first-order chi connectivity index (χ1) is 19.4. The third-order valence-corrected chi connectivity index (χ3v) is 8.22. The highest BCUT2D eigenvalue weighted by molar-refractivity contribution is 5.68. The summed E-state index contributed by atoms with van der Waals surface area (Å²) in [5, 5.41) is 10.7. The molecule has 2 unspecified atom stereocenters. The fraction of sp³-hybridized carbons (Fsp3) is 0.441. The predicted molar refractivity (Wildman–Crippen MR) is 154 cm³/mol. The van der Waals surface area contributed by atoms with Gasteiger partial charge in [-0.25, -0.2) is 13.2 Å². The number of halogens is 3. The number of ether oxygens (including phenoxy) is 1. The highest BCUT2D eigenvalue weighted by Crippen LogP contribution is 2.46. The lowest BCUT2D eigenvalue weighted by molar-refractivity contribution is -0.162. The van der Waals surface area contributed by atoms with E-state index in [9.17, 15) is 18.7 Å². The van der Waals surface area contributed by atoms with Gasteiger partial charge in [0.15, 0.2) is 23.1 Å². The highest BCUT2D eigenvalue weighted by Gasteiger charge is 2.48. The van der Waals surface area contributed by atoms with E-state index in [-0.39, 0.29) is 16.9 Å². The Morgan fingerprint density at radius 2 is 1.56 bits per heavy atom. The first-order valence-electron chi connectivity index (χ1n) is 14.3. The number of benzene rings is 3. The fourth-order valence-corrected chi connectivity index (χ4v) is 5.98. The molecule has 1 heterocycles. The van der Waals surface area contributed by atoms with E-state index in [0.717, 1.165) is 24.6 Å². The van der Waals surface area contributed by atoms with E-state index in [0.29, 0.717) is 37.9 Å². The molecule has 1 N–H and O–H groups in total. The van der Waals surface area contributed by atoms with Crippen LogP contribution in [0.3, 0.4) is 0 Å². The first-order valence-corrected chi connectivity index (χ1v) is 14.3. The minimum atomic E-state index is -1.60. The van der Waals surface area contributed by atoms with Crippen LogP contribution in [0.25, 0.3) is 0 Å². The maximum absolute atomic E-state index is 15.3. The summed E-state index contributed by atoms with van der Waals surface area (Å²) < 4.78 is 49.7. The molecule has 0 spiro atoms. The Bertz CT molecular complexity index is 1320. The lowest BCUT2D eigenvalue weighted by Gasteiger charge is -2.44. The Balaban J connectivity index is 1.47. The molecule has 0 aliphatic carbocycles. The summed E-state index contributed by atoms with van der Waals surface area (Å²) >= 11 is 0. The number of aliphatic hydroxyl groups excluding tert-OH is 1. The molecule has 0 bridgehead atoms. The van der Waals surface area contributed by atoms with Gasteiger partial charge in [-0.2, -0.15) is 0 Å². The van der Waals surface area contributed by atoms with Crippen LogP contribution < -0.4 is 0 Å². The van der Waals surface area contributed by atoms with Crippen LogP contribution in [-0.2, 0) is 20.5 Å². The summed E-state index contributed by atoms with van der Waals surface area (Å²) in [6, 6.07) is 18.9. The maximum Gasteiger partial charge on any atom is 0.303 e. The molecule has 1 fully saturated rings. The first kappa shape index (κ1) is 30.8. The van der Waals surface area contributed by atoms with Crippen LogP contribution in [0.15, 0.2) is 66.7 Å². The molecule has 41 heavy (non-hydrogen) atoms. The summed E-state index contributed by atoms with van der Waals surface area (Å²) in [4.78, 5) is 14.7. The van der Waals surface area contributed by atoms with Gasteiger partial charge in [0.2, 0.25) is 0 Å². The third kappa shape index (κ3) is 6.84. The quantitative estimate of drug-likeness (QED) is 0.216. The van der Waals surface area contributed by atoms with E-state index in [2.05, 4.69) is 37.8 Å². The topological polar surface area (TPSA) is 49.8 Å². The molecule has 1 aliphatic heterocycles. The molecule has 220 valence electrons. The zero-order valence-corrected chi connectivity index (χ0v) is 24.3. The highest BCUT2D eigenvalue weighted by atomic mass is 19.2. The Morgan fingerprint density at radius 1 is 0.927 bits per heavy atom. The van der Waals surface area contributed by atoms with Crippen molar-refractivity contribution in [2.75, 3.05) is 19.6 Å². The number of carbonyl (C=O) groups excluding carboxylic acids is 1. The average Bonchev–Trinajstić information content (AvgIpc) is 2.95. The van der Waals surface area contributed by atoms with Gasteiger partial charge in [0.25, 0.3) is 0 Å². The van der Waals surface area contributed by atoms with E-state index >= 15 is 4.39 Å². The molecule has 4 nitrogen and oxygen atoms in total. The van der Waals surface area contributed by atoms with Crippen molar-refractivity contribution in [2.45, 2.75) is 70.5 Å². The van der Waals surface area contributed by atoms with Gasteiger partial charge in [0.1, 0.15) is 0 Å². The van der Waals surface area contributed by atoms with E-state index in [4.69, 9.17) is 4.74 Å². The molecular formula is C34H40F3NO3. The van der Waals surface area contributed by atoms with Crippen molar-refractivity contribution in [1.82, 2.24) is 4.90 Å². The van der Waals surface area contributed by atoms with Gasteiger partial charge in [-0.15, -0.1) is 0 Å². The smallest absolute Gasteiger partial charge is 0.303 e. The van der Waals surface area contributed by atoms with Crippen LogP contribution in [0.4, 0.5) is 13.2 Å². The van der Waals surface area contributed by atoms with Crippen molar-refractivity contribution in [3.05, 3.63) is 106 Å². The number of likely N-dealkylation sites (tertiary alicyclic amines) is 1. The second-order valence-electron chi connectivity index (χ2n) is 12.1. The van der Waals surface area contributed by atoms with E-state index < -0.39 is 35.1 Å². The summed E-state index contributed by atoms with van der Waals surface area (Å²) in [6.45, 7) is 9.80. The Morgan fingerprint density at radius 3 is 2.15 bits per heavy atom. The van der Waals surface area contributed by atoms with Crippen molar-refractivity contribution in [2.24, 2.45) is 5.92 Å². The van der Waals surface area contributed by atoms with Crippen LogP contribution in [0.1, 0.15) is 81.7 Å². The summed E-state index contributed by atoms with van der Waals surface area (Å²) in [6.07, 6.45) is 1.97. The van der Waals surface area contributed by atoms with E-state index in [1.54, 1.807) is 30.3 Å². The molecule has 3 aromatic rings. The molecule has 1 aliphatic rings. The number of rotatable bonds is 9. The molecule has 0 aromatic heterocycles. The summed E-state index contributed by atoms with van der Waals surface area (Å²) in [7, 11) is 0. The van der Waals surface area contributed by atoms with Gasteiger partial charge in [0.05, 0.1) is 6.10 Å². The SMILES string of the molecule is CC(=O)OC(c1ccccc1)(c1ccc(F)c(F)c1F)C1CCN(CCCC(O)c2ccc(C(C)(C)C)cc2)CC1. The maximum atomic E-state index is 15.3. The van der Waals surface area contributed by atoms with Crippen molar-refractivity contribution in [3.63, 3.8) is 0 Å². The normalized spacial score (nSPS) is 17.2. The van der Waals surface area contributed by atoms with Gasteiger partial charge in [-0.3, -0.25) is 4.79 Å². The second kappa shape index (κ2) is 12.8. The van der Waals surface area contributed by atoms with Gasteiger partial charge in [-0.1, -0.05) is 75.4 Å². The van der Waals surface area contributed by atoms with E-state index in [1.165, 1.54) is 18.6 Å². The monoisotopic (exact) mass is 567 g/mol. The van der Waals surface area contributed by atoms with Gasteiger partial charge < -0.3 is 14.7 Å². The number of carbonyl (C=O) groups is 1. The Labute approximate surface area is 241 Å². The molecule has 0 amide bonds.